The molecule has 0 saturated carbocycles. The number of anilines is 2. The predicted octanol–water partition coefficient (Wildman–Crippen LogP) is 2.05. The maximum atomic E-state index is 12.3. The number of carbonyl (C=O) groups excluding carboxylic acids is 1. The number of carbonyl (C=O) groups is 1. The second-order valence-electron chi connectivity index (χ2n) is 6.70. The minimum Gasteiger partial charge on any atom is -0.383 e. The number of nitrogens with one attached hydrogen (secondary N) is 2. The highest BCUT2D eigenvalue weighted by Crippen LogP contribution is 2.28. The molecule has 2 aromatic rings. The summed E-state index contributed by atoms with van der Waals surface area (Å²) in [6, 6.07) is 7.46. The highest BCUT2D eigenvalue weighted by atomic mass is 16.3. The normalized spacial score (nSPS) is 16.5. The lowest BCUT2D eigenvalue weighted by Crippen LogP contribution is -2.40. The number of nitrogens with zero attached hydrogens (tertiary/aromatic N) is 3. The van der Waals surface area contributed by atoms with Gasteiger partial charge in [-0.3, -0.25) is 4.68 Å². The standard InChI is InChI=1S/C18H25N5O2/c1-18(25,14-11-20-22(2)12-14)13-19-17(24)21-15-7-3-4-8-16(15)23-9-5-6-10-23/h3-4,7-8,11-12,25H,5-6,9-10,13H2,1-2H3,(H2,19,21,24). The van der Waals surface area contributed by atoms with Crippen LogP contribution in [0.25, 0.3) is 0 Å². The van der Waals surface area contributed by atoms with E-state index in [-0.39, 0.29) is 12.6 Å². The quantitative estimate of drug-likeness (QED) is 0.776. The molecule has 1 aliphatic rings. The van der Waals surface area contributed by atoms with Gasteiger partial charge in [0.25, 0.3) is 0 Å². The summed E-state index contributed by atoms with van der Waals surface area (Å²) in [7, 11) is 1.79. The van der Waals surface area contributed by atoms with Crippen LogP contribution in [-0.4, -0.2) is 40.6 Å². The second-order valence-corrected chi connectivity index (χ2v) is 6.70. The molecule has 1 saturated heterocycles. The fourth-order valence-electron chi connectivity index (χ4n) is 3.03. The van der Waals surface area contributed by atoms with Crippen molar-refractivity contribution < 1.29 is 9.90 Å². The number of para-hydroxylation sites is 2. The molecule has 134 valence electrons. The van der Waals surface area contributed by atoms with Crippen molar-refractivity contribution in [2.45, 2.75) is 25.4 Å². The van der Waals surface area contributed by atoms with Crippen LogP contribution in [0.1, 0.15) is 25.3 Å². The van der Waals surface area contributed by atoms with Crippen LogP contribution < -0.4 is 15.5 Å². The molecule has 2 amide bonds. The monoisotopic (exact) mass is 343 g/mol. The molecule has 25 heavy (non-hydrogen) atoms. The van der Waals surface area contributed by atoms with Crippen LogP contribution in [0.3, 0.4) is 0 Å². The summed E-state index contributed by atoms with van der Waals surface area (Å²) < 4.78 is 1.62. The highest BCUT2D eigenvalue weighted by Gasteiger charge is 2.25. The van der Waals surface area contributed by atoms with Crippen molar-refractivity contribution in [2.24, 2.45) is 7.05 Å². The fraction of sp³-hybridized carbons (Fsp3) is 0.444. The first-order valence-corrected chi connectivity index (χ1v) is 8.56. The third-order valence-corrected chi connectivity index (χ3v) is 4.52. The van der Waals surface area contributed by atoms with Crippen molar-refractivity contribution in [1.29, 1.82) is 0 Å². The van der Waals surface area contributed by atoms with Gasteiger partial charge >= 0.3 is 6.03 Å². The minimum atomic E-state index is -1.18. The van der Waals surface area contributed by atoms with Gasteiger partial charge in [-0.15, -0.1) is 0 Å². The molecule has 0 spiro atoms. The Balaban J connectivity index is 1.61. The maximum absolute atomic E-state index is 12.3. The molecule has 1 aromatic carbocycles. The molecule has 1 atom stereocenters. The van der Waals surface area contributed by atoms with E-state index in [0.29, 0.717) is 5.56 Å². The number of hydrogen-bond donors (Lipinski definition) is 3. The Kier molecular flexibility index (Phi) is 4.94. The van der Waals surface area contributed by atoms with Crippen molar-refractivity contribution in [3.63, 3.8) is 0 Å². The number of aryl methyl sites for hydroxylation is 1. The zero-order valence-corrected chi connectivity index (χ0v) is 14.7. The summed E-state index contributed by atoms with van der Waals surface area (Å²) >= 11 is 0. The molecule has 1 unspecified atom stereocenters. The van der Waals surface area contributed by atoms with Crippen LogP contribution in [0.4, 0.5) is 16.2 Å². The number of rotatable bonds is 5. The van der Waals surface area contributed by atoms with E-state index in [4.69, 9.17) is 0 Å². The van der Waals surface area contributed by atoms with E-state index in [1.54, 1.807) is 31.0 Å². The Hall–Kier alpha value is -2.54. The molecular formula is C18H25N5O2. The van der Waals surface area contributed by atoms with Gasteiger partial charge in [0, 0.05) is 31.9 Å². The summed E-state index contributed by atoms with van der Waals surface area (Å²) in [4.78, 5) is 14.6. The number of aliphatic hydroxyl groups is 1. The third-order valence-electron chi connectivity index (χ3n) is 4.52. The summed E-state index contributed by atoms with van der Waals surface area (Å²) in [6.45, 7) is 3.77. The topological polar surface area (TPSA) is 82.4 Å². The van der Waals surface area contributed by atoms with Crippen LogP contribution in [0, 0.1) is 0 Å². The van der Waals surface area contributed by atoms with Gasteiger partial charge in [-0.2, -0.15) is 5.10 Å². The number of aromatic nitrogens is 2. The van der Waals surface area contributed by atoms with E-state index in [2.05, 4.69) is 20.6 Å². The third kappa shape index (κ3) is 4.11. The molecule has 1 aliphatic heterocycles. The summed E-state index contributed by atoms with van der Waals surface area (Å²) in [6.07, 6.45) is 5.69. The molecule has 2 heterocycles. The number of urea groups is 1. The Morgan fingerprint density at radius 3 is 2.72 bits per heavy atom. The lowest BCUT2D eigenvalue weighted by Gasteiger charge is -2.24. The number of hydrogen-bond acceptors (Lipinski definition) is 4. The number of benzene rings is 1. The average molecular weight is 343 g/mol. The molecule has 0 radical (unpaired) electrons. The average Bonchev–Trinajstić information content (AvgIpc) is 3.25. The second kappa shape index (κ2) is 7.14. The van der Waals surface area contributed by atoms with E-state index in [1.165, 1.54) is 12.8 Å². The molecule has 7 nitrogen and oxygen atoms in total. The van der Waals surface area contributed by atoms with Crippen molar-refractivity contribution in [1.82, 2.24) is 15.1 Å². The summed E-state index contributed by atoms with van der Waals surface area (Å²) in [5, 5.41) is 20.2. The van der Waals surface area contributed by atoms with Crippen molar-refractivity contribution in [3.05, 3.63) is 42.2 Å². The van der Waals surface area contributed by atoms with E-state index in [1.807, 2.05) is 24.3 Å². The zero-order valence-electron chi connectivity index (χ0n) is 14.7. The van der Waals surface area contributed by atoms with Crippen LogP contribution in [0.2, 0.25) is 0 Å². The predicted molar refractivity (Wildman–Crippen MR) is 97.7 cm³/mol. The molecule has 3 rings (SSSR count). The molecule has 0 bridgehead atoms. The molecule has 1 aromatic heterocycles. The minimum absolute atomic E-state index is 0.0937. The highest BCUT2D eigenvalue weighted by molar-refractivity contribution is 5.93. The first kappa shape index (κ1) is 17.3. The SMILES string of the molecule is Cn1cc(C(C)(O)CNC(=O)Nc2ccccc2N2CCCC2)cn1. The van der Waals surface area contributed by atoms with Gasteiger partial charge in [-0.25, -0.2) is 4.79 Å². The van der Waals surface area contributed by atoms with E-state index >= 15 is 0 Å². The van der Waals surface area contributed by atoms with Crippen LogP contribution >= 0.6 is 0 Å². The van der Waals surface area contributed by atoms with E-state index < -0.39 is 5.60 Å². The molecule has 7 heteroatoms. The Morgan fingerprint density at radius 1 is 1.32 bits per heavy atom. The fourth-order valence-corrected chi connectivity index (χ4v) is 3.03. The van der Waals surface area contributed by atoms with Gasteiger partial charge in [0.1, 0.15) is 5.60 Å². The van der Waals surface area contributed by atoms with Crippen molar-refractivity contribution in [2.75, 3.05) is 29.9 Å². The van der Waals surface area contributed by atoms with Gasteiger partial charge in [-0.1, -0.05) is 12.1 Å². The van der Waals surface area contributed by atoms with Crippen LogP contribution in [-0.2, 0) is 12.6 Å². The van der Waals surface area contributed by atoms with Gasteiger partial charge in [-0.05, 0) is 31.9 Å². The zero-order chi connectivity index (χ0) is 17.9. The van der Waals surface area contributed by atoms with E-state index in [0.717, 1.165) is 24.5 Å². The van der Waals surface area contributed by atoms with Gasteiger partial charge < -0.3 is 20.6 Å². The first-order chi connectivity index (χ1) is 12.0. The van der Waals surface area contributed by atoms with Crippen LogP contribution in [0.15, 0.2) is 36.7 Å². The Morgan fingerprint density at radius 2 is 2.04 bits per heavy atom. The van der Waals surface area contributed by atoms with Gasteiger partial charge in [0.15, 0.2) is 0 Å². The van der Waals surface area contributed by atoms with E-state index in [9.17, 15) is 9.90 Å². The first-order valence-electron chi connectivity index (χ1n) is 8.56. The smallest absolute Gasteiger partial charge is 0.319 e. The van der Waals surface area contributed by atoms with Gasteiger partial charge in [0.05, 0.1) is 24.1 Å². The molecular weight excluding hydrogens is 318 g/mol. The summed E-state index contributed by atoms with van der Waals surface area (Å²) in [5.74, 6) is 0. The number of amides is 2. The lowest BCUT2D eigenvalue weighted by molar-refractivity contribution is 0.0599. The summed E-state index contributed by atoms with van der Waals surface area (Å²) in [5.41, 5.74) is 1.30. The maximum Gasteiger partial charge on any atom is 0.319 e. The Labute approximate surface area is 147 Å². The van der Waals surface area contributed by atoms with Crippen LogP contribution in [0.5, 0.6) is 0 Å². The Bertz CT molecular complexity index is 735. The van der Waals surface area contributed by atoms with Crippen molar-refractivity contribution in [3.8, 4) is 0 Å². The lowest BCUT2D eigenvalue weighted by atomic mass is 10.00. The molecule has 3 N–H and O–H groups in total. The largest absolute Gasteiger partial charge is 0.383 e. The van der Waals surface area contributed by atoms with Crippen molar-refractivity contribution >= 4 is 17.4 Å². The molecule has 1 fully saturated rings. The van der Waals surface area contributed by atoms with Gasteiger partial charge in [0.2, 0.25) is 0 Å². The molecule has 0 aliphatic carbocycles.